The molecule has 25 heavy (non-hydrogen) atoms. The summed E-state index contributed by atoms with van der Waals surface area (Å²) in [7, 11) is -4.06. The molecule has 0 aliphatic heterocycles. The third kappa shape index (κ3) is 4.51. The molecule has 4 nitrogen and oxygen atoms in total. The number of sulfone groups is 1. The zero-order valence-electron chi connectivity index (χ0n) is 13.4. The fraction of sp³-hybridized carbons (Fsp3) is 0.167. The number of rotatable bonds is 6. The minimum Gasteiger partial charge on any atom is -0.461 e. The molecule has 0 N–H and O–H groups in total. The van der Waals surface area contributed by atoms with Crippen molar-refractivity contribution in [2.24, 2.45) is 0 Å². The summed E-state index contributed by atoms with van der Waals surface area (Å²) in [5, 5.41) is -1.50. The van der Waals surface area contributed by atoms with Gasteiger partial charge >= 0.3 is 5.97 Å². The molecule has 0 spiro atoms. The number of ether oxygens (including phenoxy) is 1. The van der Waals surface area contributed by atoms with E-state index < -0.39 is 32.7 Å². The minimum absolute atomic E-state index is 0.0442. The van der Waals surface area contributed by atoms with Gasteiger partial charge in [0.2, 0.25) is 5.83 Å². The number of hydrogen-bond acceptors (Lipinski definition) is 4. The second-order valence-corrected chi connectivity index (χ2v) is 7.13. The molecule has 0 bridgehead atoms. The van der Waals surface area contributed by atoms with Gasteiger partial charge in [0.15, 0.2) is 9.84 Å². The number of esters is 1. The third-order valence-corrected chi connectivity index (χ3v) is 5.38. The molecule has 0 radical (unpaired) electrons. The van der Waals surface area contributed by atoms with Crippen LogP contribution in [0.5, 0.6) is 0 Å². The van der Waals surface area contributed by atoms with Gasteiger partial charge in [-0.1, -0.05) is 30.3 Å². The van der Waals surface area contributed by atoms with E-state index >= 15 is 0 Å². The predicted octanol–water partition coefficient (Wildman–Crippen LogP) is 3.76. The summed E-state index contributed by atoms with van der Waals surface area (Å²) in [6.07, 6.45) is 0.674. The van der Waals surface area contributed by atoms with Crippen molar-refractivity contribution in [1.29, 1.82) is 0 Å². The Morgan fingerprint density at radius 2 is 1.72 bits per heavy atom. The second kappa shape index (κ2) is 8.02. The maximum atomic E-state index is 14.1. The van der Waals surface area contributed by atoms with Crippen LogP contribution < -0.4 is 0 Å². The van der Waals surface area contributed by atoms with E-state index in [0.717, 1.165) is 12.1 Å². The number of carbonyl (C=O) groups is 1. The molecular weight excluding hydrogens is 350 g/mol. The molecule has 2 rings (SSSR count). The highest BCUT2D eigenvalue weighted by atomic mass is 32.2. The number of benzene rings is 2. The van der Waals surface area contributed by atoms with Crippen molar-refractivity contribution >= 4 is 15.8 Å². The molecule has 0 aliphatic carbocycles. The van der Waals surface area contributed by atoms with Gasteiger partial charge in [-0.15, -0.1) is 0 Å². The van der Waals surface area contributed by atoms with Gasteiger partial charge < -0.3 is 4.74 Å². The zero-order valence-corrected chi connectivity index (χ0v) is 14.2. The number of hydrogen-bond donors (Lipinski definition) is 0. The summed E-state index contributed by atoms with van der Waals surface area (Å²) in [5.41, 5.74) is 0.129. The van der Waals surface area contributed by atoms with Gasteiger partial charge in [0, 0.05) is 0 Å². The molecule has 1 unspecified atom stereocenters. The minimum atomic E-state index is -4.06. The Bertz CT molecular complexity index is 860. The average molecular weight is 366 g/mol. The average Bonchev–Trinajstić information content (AvgIpc) is 2.61. The van der Waals surface area contributed by atoms with E-state index in [2.05, 4.69) is 4.74 Å². The Morgan fingerprint density at radius 3 is 2.28 bits per heavy atom. The maximum Gasteiger partial charge on any atom is 0.366 e. The second-order valence-electron chi connectivity index (χ2n) is 5.07. The van der Waals surface area contributed by atoms with Crippen LogP contribution in [-0.4, -0.2) is 21.0 Å². The van der Waals surface area contributed by atoms with E-state index in [-0.39, 0.29) is 17.1 Å². The Morgan fingerprint density at radius 1 is 1.12 bits per heavy atom. The van der Waals surface area contributed by atoms with Crippen molar-refractivity contribution in [1.82, 2.24) is 0 Å². The summed E-state index contributed by atoms with van der Waals surface area (Å²) < 4.78 is 57.5. The van der Waals surface area contributed by atoms with Crippen molar-refractivity contribution in [2.45, 2.75) is 17.1 Å². The van der Waals surface area contributed by atoms with Gasteiger partial charge in [0.25, 0.3) is 0 Å². The third-order valence-electron chi connectivity index (χ3n) is 3.37. The summed E-state index contributed by atoms with van der Waals surface area (Å²) in [4.78, 5) is 11.5. The van der Waals surface area contributed by atoms with Crippen molar-refractivity contribution in [3.8, 4) is 0 Å². The maximum absolute atomic E-state index is 14.1. The Kier molecular flexibility index (Phi) is 6.03. The van der Waals surface area contributed by atoms with Crippen LogP contribution in [0.3, 0.4) is 0 Å². The molecule has 0 aliphatic rings. The van der Waals surface area contributed by atoms with E-state index in [1.807, 2.05) is 0 Å². The molecule has 132 valence electrons. The van der Waals surface area contributed by atoms with Crippen LogP contribution in [0.4, 0.5) is 8.78 Å². The number of carbonyl (C=O) groups excluding carboxylic acids is 1. The van der Waals surface area contributed by atoms with Gasteiger partial charge in [-0.2, -0.15) is 4.39 Å². The molecule has 0 amide bonds. The molecule has 2 aromatic carbocycles. The van der Waals surface area contributed by atoms with E-state index in [4.69, 9.17) is 0 Å². The molecular formula is C18H16F2O4S. The highest BCUT2D eigenvalue weighted by Crippen LogP contribution is 2.31. The van der Waals surface area contributed by atoms with Crippen molar-refractivity contribution in [3.05, 3.63) is 77.9 Å². The van der Waals surface area contributed by atoms with Crippen LogP contribution in [0.2, 0.25) is 0 Å². The van der Waals surface area contributed by atoms with Crippen LogP contribution >= 0.6 is 0 Å². The van der Waals surface area contributed by atoms with Gasteiger partial charge in [-0.05, 0) is 42.8 Å². The SMILES string of the molecule is CCOC(=O)/C(F)=C/C(c1ccc(F)cc1)S(=O)(=O)c1ccccc1. The summed E-state index contributed by atoms with van der Waals surface area (Å²) >= 11 is 0. The predicted molar refractivity (Wildman–Crippen MR) is 88.6 cm³/mol. The van der Waals surface area contributed by atoms with Gasteiger partial charge in [0.05, 0.1) is 11.5 Å². The highest BCUT2D eigenvalue weighted by molar-refractivity contribution is 7.91. The molecule has 2 aromatic rings. The normalized spacial score (nSPS) is 13.3. The van der Waals surface area contributed by atoms with Crippen LogP contribution in [0.15, 0.2) is 71.4 Å². The molecule has 0 saturated heterocycles. The fourth-order valence-electron chi connectivity index (χ4n) is 2.18. The first-order valence-electron chi connectivity index (χ1n) is 7.45. The van der Waals surface area contributed by atoms with Crippen LogP contribution in [-0.2, 0) is 19.4 Å². The van der Waals surface area contributed by atoms with E-state index in [9.17, 15) is 22.0 Å². The molecule has 1 atom stereocenters. The van der Waals surface area contributed by atoms with Crippen LogP contribution in [0.25, 0.3) is 0 Å². The van der Waals surface area contributed by atoms with Crippen LogP contribution in [0, 0.1) is 5.82 Å². The van der Waals surface area contributed by atoms with Gasteiger partial charge in [0.1, 0.15) is 11.1 Å². The van der Waals surface area contributed by atoms with Gasteiger partial charge in [-0.3, -0.25) is 0 Å². The topological polar surface area (TPSA) is 60.4 Å². The van der Waals surface area contributed by atoms with Crippen LogP contribution in [0.1, 0.15) is 17.7 Å². The molecule has 7 heteroatoms. The quantitative estimate of drug-likeness (QED) is 0.577. The summed E-state index contributed by atoms with van der Waals surface area (Å²) in [6.45, 7) is 1.45. The summed E-state index contributed by atoms with van der Waals surface area (Å²) in [5.74, 6) is -3.14. The fourth-order valence-corrected chi connectivity index (χ4v) is 3.82. The lowest BCUT2D eigenvalue weighted by molar-refractivity contribution is -0.140. The summed E-state index contributed by atoms with van der Waals surface area (Å²) in [6, 6.07) is 12.0. The molecule has 0 aromatic heterocycles. The first kappa shape index (κ1) is 18.8. The van der Waals surface area contributed by atoms with Gasteiger partial charge in [-0.25, -0.2) is 17.6 Å². The lowest BCUT2D eigenvalue weighted by Gasteiger charge is -2.15. The first-order valence-corrected chi connectivity index (χ1v) is 8.99. The van der Waals surface area contributed by atoms with E-state index in [0.29, 0.717) is 6.08 Å². The van der Waals surface area contributed by atoms with Crippen molar-refractivity contribution < 1.29 is 26.7 Å². The highest BCUT2D eigenvalue weighted by Gasteiger charge is 2.29. The lowest BCUT2D eigenvalue weighted by Crippen LogP contribution is -2.14. The smallest absolute Gasteiger partial charge is 0.366 e. The largest absolute Gasteiger partial charge is 0.461 e. The first-order chi connectivity index (χ1) is 11.9. The lowest BCUT2D eigenvalue weighted by atomic mass is 10.1. The molecule has 0 saturated carbocycles. The number of halogens is 2. The molecule has 0 heterocycles. The molecule has 0 fully saturated rings. The van der Waals surface area contributed by atoms with E-state index in [1.165, 1.54) is 43.3 Å². The standard InChI is InChI=1S/C18H16F2O4S/c1-2-24-18(21)16(20)12-17(13-8-10-14(19)11-9-13)25(22,23)15-6-4-3-5-7-15/h3-12,17H,2H2,1H3/b16-12-. The van der Waals surface area contributed by atoms with Crippen molar-refractivity contribution in [2.75, 3.05) is 6.61 Å². The Hall–Kier alpha value is -2.54. The zero-order chi connectivity index (χ0) is 18.4. The Labute approximate surface area is 144 Å². The van der Waals surface area contributed by atoms with E-state index in [1.54, 1.807) is 6.07 Å². The van der Waals surface area contributed by atoms with Crippen molar-refractivity contribution in [3.63, 3.8) is 0 Å². The monoisotopic (exact) mass is 366 g/mol. The Balaban J connectivity index is 2.55.